The van der Waals surface area contributed by atoms with Crippen LogP contribution >= 0.6 is 46.4 Å². The van der Waals surface area contributed by atoms with Crippen LogP contribution in [0.1, 0.15) is 107 Å². The summed E-state index contributed by atoms with van der Waals surface area (Å²) in [7, 11) is 0. The number of morpholine rings is 1. The van der Waals surface area contributed by atoms with Gasteiger partial charge < -0.3 is 29.5 Å². The summed E-state index contributed by atoms with van der Waals surface area (Å²) in [6.45, 7) is 15.4. The van der Waals surface area contributed by atoms with Crippen LogP contribution in [0.4, 0.5) is 0 Å². The summed E-state index contributed by atoms with van der Waals surface area (Å²) in [4.78, 5) is 48.6. The number of hydrogen-bond donors (Lipinski definition) is 1. The van der Waals surface area contributed by atoms with Gasteiger partial charge in [0.25, 0.3) is 0 Å². The Morgan fingerprint density at radius 3 is 1.68 bits per heavy atom. The Balaban J connectivity index is 0.000000151. The minimum absolute atomic E-state index is 0.0459. The van der Waals surface area contributed by atoms with E-state index in [1.165, 1.54) is 76.7 Å². The first-order chi connectivity index (χ1) is 31.5. The molecule has 2 amide bonds. The number of benzene rings is 2. The van der Waals surface area contributed by atoms with Crippen molar-refractivity contribution in [1.82, 2.24) is 29.8 Å². The average Bonchev–Trinajstić information content (AvgIpc) is 4.24. The molecular formula is C51H72Cl4N6O4. The number of likely N-dealkylation sites (tertiary alicyclic amines) is 4. The Bertz CT molecular complexity index is 1910. The van der Waals surface area contributed by atoms with Crippen LogP contribution < -0.4 is 5.32 Å². The average molecular weight is 975 g/mol. The van der Waals surface area contributed by atoms with Gasteiger partial charge in [0.2, 0.25) is 11.8 Å². The van der Waals surface area contributed by atoms with Crippen LogP contribution in [0.15, 0.2) is 36.4 Å². The van der Waals surface area contributed by atoms with Gasteiger partial charge in [0.1, 0.15) is 6.29 Å². The fourth-order valence-corrected chi connectivity index (χ4v) is 11.7. The molecule has 6 aliphatic heterocycles. The summed E-state index contributed by atoms with van der Waals surface area (Å²) < 4.78 is 5.50. The summed E-state index contributed by atoms with van der Waals surface area (Å²) >= 11 is 24.9. The summed E-state index contributed by atoms with van der Waals surface area (Å²) in [5.74, 6) is 1.77. The highest BCUT2D eigenvalue weighted by Gasteiger charge is 2.42. The van der Waals surface area contributed by atoms with Gasteiger partial charge in [-0.15, -0.1) is 0 Å². The van der Waals surface area contributed by atoms with E-state index >= 15 is 0 Å². The van der Waals surface area contributed by atoms with Crippen molar-refractivity contribution < 1.29 is 19.1 Å². The lowest BCUT2D eigenvalue weighted by atomic mass is 9.71. The zero-order valence-corrected chi connectivity index (χ0v) is 41.5. The van der Waals surface area contributed by atoms with E-state index in [1.807, 2.05) is 29.2 Å². The van der Waals surface area contributed by atoms with Crippen molar-refractivity contribution in [3.63, 3.8) is 0 Å². The van der Waals surface area contributed by atoms with E-state index in [4.69, 9.17) is 51.1 Å². The van der Waals surface area contributed by atoms with Gasteiger partial charge in [0.05, 0.1) is 33.3 Å². The molecule has 2 saturated carbocycles. The predicted octanol–water partition coefficient (Wildman–Crippen LogP) is 8.75. The van der Waals surface area contributed by atoms with Crippen LogP contribution in [0, 0.1) is 11.8 Å². The molecule has 6 saturated heterocycles. The third-order valence-corrected chi connectivity index (χ3v) is 17.3. The van der Waals surface area contributed by atoms with Crippen molar-refractivity contribution in [2.75, 3.05) is 98.3 Å². The van der Waals surface area contributed by atoms with E-state index in [1.54, 1.807) is 6.07 Å². The van der Waals surface area contributed by atoms with Crippen LogP contribution in [0.25, 0.3) is 0 Å². The van der Waals surface area contributed by atoms with Gasteiger partial charge in [-0.3, -0.25) is 19.4 Å². The van der Waals surface area contributed by atoms with Gasteiger partial charge in [-0.2, -0.15) is 0 Å². The quantitative estimate of drug-likeness (QED) is 0.200. The minimum atomic E-state index is -0.340. The molecule has 0 radical (unpaired) electrons. The van der Waals surface area contributed by atoms with Crippen LogP contribution in [0.3, 0.4) is 0 Å². The maximum Gasteiger partial charge on any atom is 0.222 e. The molecule has 10 nitrogen and oxygen atoms in total. The normalized spacial score (nSPS) is 27.1. The number of halogens is 4. The molecule has 6 heterocycles. The molecule has 14 heteroatoms. The molecule has 0 spiro atoms. The molecule has 65 heavy (non-hydrogen) atoms. The Labute approximate surface area is 408 Å². The van der Waals surface area contributed by atoms with Crippen LogP contribution in [0.5, 0.6) is 0 Å². The summed E-state index contributed by atoms with van der Waals surface area (Å²) in [6.07, 6.45) is 16.8. The first-order valence-electron chi connectivity index (χ1n) is 24.9. The molecule has 2 aromatic rings. The van der Waals surface area contributed by atoms with Crippen molar-refractivity contribution in [2.45, 2.75) is 119 Å². The molecule has 358 valence electrons. The second-order valence-corrected chi connectivity index (χ2v) is 22.2. The standard InChI is InChI=1S/C25H35Cl2N3O2.C18H21Cl2NO2.C8H16N2/c26-22-5-4-20(15-23(22)27)25(6-1-8-30(18-25)24(31)14-19-2-3-19)7-9-28-16-21(17-28)29-10-12-32-13-11-29;19-15-5-4-14(11-16(15)20)18(7-9-22)6-1-8-21(12-18)17(23)10-13-2-3-13;1-2-4-10(5-3-1)8-6-9-7-8/h4-5,15,19,21H,1-3,6-14,16-18H2;4-5,9,11,13H,1-3,6-8,10,12H2;8-9H,1-7H2/t25-;18-;/m11./s1. The van der Waals surface area contributed by atoms with Crippen LogP contribution in [0.2, 0.25) is 20.1 Å². The summed E-state index contributed by atoms with van der Waals surface area (Å²) in [5, 5.41) is 5.53. The number of amides is 2. The van der Waals surface area contributed by atoms with E-state index in [0.29, 0.717) is 63.3 Å². The van der Waals surface area contributed by atoms with Gasteiger partial charge in [-0.25, -0.2) is 0 Å². The van der Waals surface area contributed by atoms with E-state index in [-0.39, 0.29) is 16.7 Å². The van der Waals surface area contributed by atoms with Crippen molar-refractivity contribution in [1.29, 1.82) is 0 Å². The SMILES string of the molecule is C1CCN(C2CNC2)CC1.O=C(CC1CC1)N1CCC[C@](CCN2CC(N3CCOCC3)C2)(c2ccc(Cl)c(Cl)c2)C1.O=CC[C@]1(c2ccc(Cl)c(Cl)c2)CCCN(C(=O)CC2CC2)C1. The van der Waals surface area contributed by atoms with Crippen molar-refractivity contribution in [3.05, 3.63) is 67.6 Å². The van der Waals surface area contributed by atoms with Crippen molar-refractivity contribution in [2.24, 2.45) is 11.8 Å². The molecule has 8 aliphatic rings. The third-order valence-electron chi connectivity index (χ3n) is 15.8. The molecule has 10 rings (SSSR count). The number of piperidine rings is 3. The molecule has 0 aromatic heterocycles. The van der Waals surface area contributed by atoms with Gasteiger partial charge in [-0.05, 0) is 137 Å². The first-order valence-corrected chi connectivity index (χ1v) is 26.4. The summed E-state index contributed by atoms with van der Waals surface area (Å²) in [6, 6.07) is 13.2. The summed E-state index contributed by atoms with van der Waals surface area (Å²) in [5.41, 5.74) is 1.85. The highest BCUT2D eigenvalue weighted by molar-refractivity contribution is 6.42. The predicted molar refractivity (Wildman–Crippen MR) is 263 cm³/mol. The van der Waals surface area contributed by atoms with Gasteiger partial charge in [0, 0.05) is 108 Å². The number of carbonyl (C=O) groups is 3. The molecule has 0 unspecified atom stereocenters. The lowest BCUT2D eigenvalue weighted by molar-refractivity contribution is -0.134. The third kappa shape index (κ3) is 13.2. The maximum absolute atomic E-state index is 13.0. The van der Waals surface area contributed by atoms with Crippen LogP contribution in [-0.2, 0) is 30.0 Å². The Kier molecular flexibility index (Phi) is 17.5. The molecule has 1 N–H and O–H groups in total. The smallest absolute Gasteiger partial charge is 0.222 e. The van der Waals surface area contributed by atoms with Crippen LogP contribution in [-0.4, -0.2) is 153 Å². The first kappa shape index (κ1) is 49.4. The molecule has 0 bridgehead atoms. The van der Waals surface area contributed by atoms with Crippen molar-refractivity contribution >= 4 is 64.5 Å². The fraction of sp³-hybridized carbons (Fsp3) is 0.706. The number of rotatable bonds is 13. The topological polar surface area (TPSA) is 88.7 Å². The second-order valence-electron chi connectivity index (χ2n) is 20.5. The van der Waals surface area contributed by atoms with Crippen molar-refractivity contribution in [3.8, 4) is 0 Å². The van der Waals surface area contributed by atoms with Gasteiger partial charge in [0.15, 0.2) is 0 Å². The lowest BCUT2D eigenvalue weighted by Crippen LogP contribution is -2.62. The Morgan fingerprint density at radius 1 is 0.646 bits per heavy atom. The monoisotopic (exact) mass is 972 g/mol. The van der Waals surface area contributed by atoms with E-state index in [2.05, 4.69) is 31.0 Å². The number of ether oxygens (including phenoxy) is 1. The number of nitrogens with zero attached hydrogens (tertiary/aromatic N) is 5. The maximum atomic E-state index is 13.0. The molecular weight excluding hydrogens is 902 g/mol. The highest BCUT2D eigenvalue weighted by atomic mass is 35.5. The largest absolute Gasteiger partial charge is 0.379 e. The zero-order chi connectivity index (χ0) is 45.4. The second kappa shape index (κ2) is 23.1. The molecule has 2 aliphatic carbocycles. The minimum Gasteiger partial charge on any atom is -0.379 e. The van der Waals surface area contributed by atoms with E-state index in [0.717, 1.165) is 122 Å². The van der Waals surface area contributed by atoms with E-state index in [9.17, 15) is 14.4 Å². The highest BCUT2D eigenvalue weighted by Crippen LogP contribution is 2.43. The molecule has 2 atom stereocenters. The zero-order valence-electron chi connectivity index (χ0n) is 38.4. The number of nitrogens with one attached hydrogen (secondary N) is 1. The molecule has 2 aromatic carbocycles. The van der Waals surface area contributed by atoms with Gasteiger partial charge >= 0.3 is 0 Å². The molecule has 8 fully saturated rings. The lowest BCUT2D eigenvalue weighted by Gasteiger charge is -2.49. The Morgan fingerprint density at radius 2 is 1.17 bits per heavy atom. The number of hydrogen-bond acceptors (Lipinski definition) is 8. The van der Waals surface area contributed by atoms with Gasteiger partial charge in [-0.1, -0.05) is 65.0 Å². The van der Waals surface area contributed by atoms with E-state index < -0.39 is 0 Å². The Hall–Kier alpha value is -1.99. The fourth-order valence-electron chi connectivity index (χ4n) is 11.1. The number of carbonyl (C=O) groups excluding carboxylic acids is 3. The number of aldehydes is 1.